The molecule has 1 aliphatic heterocycles. The van der Waals surface area contributed by atoms with Crippen LogP contribution < -0.4 is 0 Å². The fraction of sp³-hybridized carbons (Fsp3) is 0.500. The van der Waals surface area contributed by atoms with Gasteiger partial charge in [-0.25, -0.2) is 4.39 Å². The van der Waals surface area contributed by atoms with E-state index in [9.17, 15) is 9.18 Å². The summed E-state index contributed by atoms with van der Waals surface area (Å²) in [6.07, 6.45) is 2.12. The predicted molar refractivity (Wildman–Crippen MR) is 65.4 cm³/mol. The number of rotatable bonds is 1. The van der Waals surface area contributed by atoms with Crippen LogP contribution in [0.5, 0.6) is 0 Å². The molecule has 17 heavy (non-hydrogen) atoms. The van der Waals surface area contributed by atoms with E-state index in [0.717, 1.165) is 25.9 Å². The van der Waals surface area contributed by atoms with Crippen LogP contribution in [0.15, 0.2) is 18.2 Å². The quantitative estimate of drug-likeness (QED) is 0.732. The molecule has 1 fully saturated rings. The summed E-state index contributed by atoms with van der Waals surface area (Å²) in [6.45, 7) is 5.63. The molecule has 0 N–H and O–H groups in total. The summed E-state index contributed by atoms with van der Waals surface area (Å²) in [7, 11) is 0. The Balaban J connectivity index is 2.14. The van der Waals surface area contributed by atoms with Gasteiger partial charge in [-0.3, -0.25) is 4.79 Å². The van der Waals surface area contributed by atoms with Crippen LogP contribution in [-0.4, -0.2) is 23.9 Å². The number of halogens is 1. The lowest BCUT2D eigenvalue weighted by Crippen LogP contribution is -2.38. The molecule has 0 aliphatic carbocycles. The second kappa shape index (κ2) is 4.86. The van der Waals surface area contributed by atoms with E-state index in [0.29, 0.717) is 17.0 Å². The zero-order valence-corrected chi connectivity index (χ0v) is 10.4. The van der Waals surface area contributed by atoms with Crippen molar-refractivity contribution in [1.29, 1.82) is 0 Å². The molecular weight excluding hydrogens is 217 g/mol. The highest BCUT2D eigenvalue weighted by atomic mass is 19.1. The molecule has 0 aromatic heterocycles. The van der Waals surface area contributed by atoms with Crippen molar-refractivity contribution in [3.8, 4) is 0 Å². The average molecular weight is 235 g/mol. The van der Waals surface area contributed by atoms with Crippen LogP contribution in [-0.2, 0) is 0 Å². The molecule has 92 valence electrons. The van der Waals surface area contributed by atoms with E-state index in [1.54, 1.807) is 13.0 Å². The van der Waals surface area contributed by atoms with Gasteiger partial charge in [0.1, 0.15) is 5.82 Å². The van der Waals surface area contributed by atoms with Crippen molar-refractivity contribution in [2.75, 3.05) is 13.1 Å². The first-order valence-corrected chi connectivity index (χ1v) is 6.13. The number of likely N-dealkylation sites (tertiary alicyclic amines) is 1. The Bertz CT molecular complexity index is 422. The SMILES string of the molecule is Cc1cc(F)ccc1C(=O)N1CCC(C)CC1. The van der Waals surface area contributed by atoms with Crippen molar-refractivity contribution in [1.82, 2.24) is 4.90 Å². The molecule has 2 nitrogen and oxygen atoms in total. The van der Waals surface area contributed by atoms with E-state index in [-0.39, 0.29) is 11.7 Å². The second-order valence-electron chi connectivity index (χ2n) is 4.93. The topological polar surface area (TPSA) is 20.3 Å². The molecule has 1 aromatic rings. The molecule has 0 saturated carbocycles. The maximum Gasteiger partial charge on any atom is 0.254 e. The Morgan fingerprint density at radius 1 is 1.35 bits per heavy atom. The molecule has 3 heteroatoms. The number of hydrogen-bond donors (Lipinski definition) is 0. The number of carbonyl (C=O) groups is 1. The lowest BCUT2D eigenvalue weighted by molar-refractivity contribution is 0.0696. The summed E-state index contributed by atoms with van der Waals surface area (Å²) >= 11 is 0. The summed E-state index contributed by atoms with van der Waals surface area (Å²) in [5.41, 5.74) is 1.34. The number of piperidine rings is 1. The molecule has 1 aromatic carbocycles. The number of amides is 1. The van der Waals surface area contributed by atoms with Crippen LogP contribution in [0.3, 0.4) is 0 Å². The van der Waals surface area contributed by atoms with E-state index >= 15 is 0 Å². The van der Waals surface area contributed by atoms with Crippen molar-refractivity contribution in [3.63, 3.8) is 0 Å². The number of carbonyl (C=O) groups excluding carboxylic acids is 1. The summed E-state index contributed by atoms with van der Waals surface area (Å²) < 4.78 is 13.0. The molecule has 1 amide bonds. The van der Waals surface area contributed by atoms with Crippen molar-refractivity contribution in [2.24, 2.45) is 5.92 Å². The van der Waals surface area contributed by atoms with Gasteiger partial charge in [0.25, 0.3) is 5.91 Å². The summed E-state index contributed by atoms with van der Waals surface area (Å²) in [4.78, 5) is 14.1. The van der Waals surface area contributed by atoms with Gasteiger partial charge in [0, 0.05) is 18.7 Å². The van der Waals surface area contributed by atoms with E-state index in [1.807, 2.05) is 4.90 Å². The molecular formula is C14H18FNO. The highest BCUT2D eigenvalue weighted by Crippen LogP contribution is 2.19. The first-order chi connectivity index (χ1) is 8.08. The maximum absolute atomic E-state index is 13.0. The highest BCUT2D eigenvalue weighted by Gasteiger charge is 2.22. The Morgan fingerprint density at radius 3 is 2.59 bits per heavy atom. The average Bonchev–Trinajstić information content (AvgIpc) is 2.29. The molecule has 1 aliphatic rings. The molecule has 0 radical (unpaired) electrons. The minimum atomic E-state index is -0.286. The lowest BCUT2D eigenvalue weighted by atomic mass is 9.98. The van der Waals surface area contributed by atoms with E-state index in [2.05, 4.69) is 6.92 Å². The smallest absolute Gasteiger partial charge is 0.254 e. The molecule has 0 spiro atoms. The monoisotopic (exact) mass is 235 g/mol. The lowest BCUT2D eigenvalue weighted by Gasteiger charge is -2.30. The zero-order chi connectivity index (χ0) is 12.4. The Morgan fingerprint density at radius 2 is 2.00 bits per heavy atom. The van der Waals surface area contributed by atoms with Gasteiger partial charge >= 0.3 is 0 Å². The summed E-state index contributed by atoms with van der Waals surface area (Å²) in [5.74, 6) is 0.453. The maximum atomic E-state index is 13.0. The standard InChI is InChI=1S/C14H18FNO/c1-10-5-7-16(8-6-10)14(17)13-4-3-12(15)9-11(13)2/h3-4,9-10H,5-8H2,1-2H3. The summed E-state index contributed by atoms with van der Waals surface area (Å²) in [6, 6.07) is 4.36. The third-order valence-corrected chi connectivity index (χ3v) is 3.49. The van der Waals surface area contributed by atoms with Crippen LogP contribution in [0.4, 0.5) is 4.39 Å². The van der Waals surface area contributed by atoms with Gasteiger partial charge in [-0.1, -0.05) is 6.92 Å². The first kappa shape index (κ1) is 12.1. The molecule has 1 heterocycles. The number of nitrogens with zero attached hydrogens (tertiary/aromatic N) is 1. The summed E-state index contributed by atoms with van der Waals surface area (Å²) in [5, 5.41) is 0. The van der Waals surface area contributed by atoms with Gasteiger partial charge in [-0.15, -0.1) is 0 Å². The Hall–Kier alpha value is -1.38. The van der Waals surface area contributed by atoms with Gasteiger partial charge in [0.15, 0.2) is 0 Å². The number of aryl methyl sites for hydroxylation is 1. The Kier molecular flexibility index (Phi) is 3.46. The van der Waals surface area contributed by atoms with Crippen molar-refractivity contribution in [3.05, 3.63) is 35.1 Å². The molecule has 1 saturated heterocycles. The highest BCUT2D eigenvalue weighted by molar-refractivity contribution is 5.95. The van der Waals surface area contributed by atoms with Gasteiger partial charge < -0.3 is 4.90 Å². The predicted octanol–water partition coefficient (Wildman–Crippen LogP) is 3.01. The van der Waals surface area contributed by atoms with Crippen molar-refractivity contribution < 1.29 is 9.18 Å². The molecule has 2 rings (SSSR count). The van der Waals surface area contributed by atoms with Gasteiger partial charge in [0.05, 0.1) is 0 Å². The van der Waals surface area contributed by atoms with Crippen LogP contribution in [0.25, 0.3) is 0 Å². The molecule has 0 bridgehead atoms. The van der Waals surface area contributed by atoms with Crippen molar-refractivity contribution >= 4 is 5.91 Å². The minimum Gasteiger partial charge on any atom is -0.339 e. The van der Waals surface area contributed by atoms with E-state index in [4.69, 9.17) is 0 Å². The van der Waals surface area contributed by atoms with E-state index in [1.165, 1.54) is 12.1 Å². The zero-order valence-electron chi connectivity index (χ0n) is 10.4. The first-order valence-electron chi connectivity index (χ1n) is 6.13. The minimum absolute atomic E-state index is 0.0365. The van der Waals surface area contributed by atoms with Crippen LogP contribution in [0, 0.1) is 18.7 Å². The van der Waals surface area contributed by atoms with Gasteiger partial charge in [-0.2, -0.15) is 0 Å². The number of hydrogen-bond acceptors (Lipinski definition) is 1. The number of benzene rings is 1. The Labute approximate surface area is 101 Å². The molecule has 0 unspecified atom stereocenters. The fourth-order valence-electron chi connectivity index (χ4n) is 2.25. The fourth-order valence-corrected chi connectivity index (χ4v) is 2.25. The van der Waals surface area contributed by atoms with Gasteiger partial charge in [0.2, 0.25) is 0 Å². The van der Waals surface area contributed by atoms with Crippen molar-refractivity contribution in [2.45, 2.75) is 26.7 Å². The second-order valence-corrected chi connectivity index (χ2v) is 4.93. The van der Waals surface area contributed by atoms with E-state index < -0.39 is 0 Å². The van der Waals surface area contributed by atoms with Crippen LogP contribution in [0.1, 0.15) is 35.7 Å². The van der Waals surface area contributed by atoms with Gasteiger partial charge in [-0.05, 0) is 49.4 Å². The third kappa shape index (κ3) is 2.65. The largest absolute Gasteiger partial charge is 0.339 e. The third-order valence-electron chi connectivity index (χ3n) is 3.49. The van der Waals surface area contributed by atoms with Crippen LogP contribution >= 0.6 is 0 Å². The van der Waals surface area contributed by atoms with Crippen LogP contribution in [0.2, 0.25) is 0 Å². The normalized spacial score (nSPS) is 17.2. The molecule has 0 atom stereocenters.